The van der Waals surface area contributed by atoms with E-state index in [2.05, 4.69) is 89.3 Å². The van der Waals surface area contributed by atoms with E-state index in [1.165, 1.54) is 16.7 Å². The summed E-state index contributed by atoms with van der Waals surface area (Å²) in [6.45, 7) is 13.4. The summed E-state index contributed by atoms with van der Waals surface area (Å²) >= 11 is 0. The molecule has 0 saturated heterocycles. The normalized spacial score (nSPS) is 12.1. The Morgan fingerprint density at radius 2 is 1.52 bits per heavy atom. The molecule has 0 aliphatic carbocycles. The lowest BCUT2D eigenvalue weighted by molar-refractivity contribution is 0.0931. The van der Waals surface area contributed by atoms with E-state index in [1.807, 2.05) is 24.3 Å². The van der Waals surface area contributed by atoms with Gasteiger partial charge in [0.05, 0.1) is 6.04 Å². The van der Waals surface area contributed by atoms with Crippen LogP contribution in [0.15, 0.2) is 66.7 Å². The molecule has 0 heterocycles. The highest BCUT2D eigenvalue weighted by atomic mass is 16.5. The maximum absolute atomic E-state index is 13.1. The zero-order chi connectivity index (χ0) is 24.0. The molecule has 3 aromatic carbocycles. The van der Waals surface area contributed by atoms with Crippen LogP contribution >= 0.6 is 0 Å². The van der Waals surface area contributed by atoms with Crippen molar-refractivity contribution in [3.8, 4) is 5.75 Å². The highest BCUT2D eigenvalue weighted by molar-refractivity contribution is 5.94. The molecular weight excluding hydrogens is 406 g/mol. The molecule has 1 amide bonds. The van der Waals surface area contributed by atoms with Crippen LogP contribution < -0.4 is 10.1 Å². The van der Waals surface area contributed by atoms with Gasteiger partial charge in [0.25, 0.3) is 5.91 Å². The van der Waals surface area contributed by atoms with Crippen molar-refractivity contribution in [2.75, 3.05) is 0 Å². The van der Waals surface area contributed by atoms with Gasteiger partial charge in [-0.15, -0.1) is 0 Å². The molecule has 1 atom stereocenters. The van der Waals surface area contributed by atoms with Crippen molar-refractivity contribution in [3.05, 3.63) is 100 Å². The van der Waals surface area contributed by atoms with Crippen LogP contribution in [0.5, 0.6) is 5.75 Å². The predicted octanol–water partition coefficient (Wildman–Crippen LogP) is 7.52. The number of nitrogens with one attached hydrogen (secondary N) is 1. The van der Waals surface area contributed by atoms with Gasteiger partial charge in [-0.2, -0.15) is 0 Å². The molecule has 3 rings (SSSR count). The Morgan fingerprint density at radius 1 is 0.848 bits per heavy atom. The first-order chi connectivity index (χ1) is 15.7. The van der Waals surface area contributed by atoms with Crippen molar-refractivity contribution in [1.82, 2.24) is 5.32 Å². The van der Waals surface area contributed by atoms with Crippen molar-refractivity contribution in [1.29, 1.82) is 0 Å². The smallest absolute Gasteiger partial charge is 0.251 e. The fourth-order valence-electron chi connectivity index (χ4n) is 4.09. The largest absolute Gasteiger partial charge is 0.489 e. The number of carbonyl (C=O) groups is 1. The number of hydrogen-bond acceptors (Lipinski definition) is 2. The minimum Gasteiger partial charge on any atom is -0.489 e. The van der Waals surface area contributed by atoms with Crippen LogP contribution in [0, 0.1) is 19.8 Å². The molecule has 33 heavy (non-hydrogen) atoms. The van der Waals surface area contributed by atoms with Crippen molar-refractivity contribution < 1.29 is 9.53 Å². The molecule has 0 fully saturated rings. The third-order valence-corrected chi connectivity index (χ3v) is 5.81. The van der Waals surface area contributed by atoms with Gasteiger partial charge in [0.1, 0.15) is 12.4 Å². The molecule has 0 bridgehead atoms. The maximum Gasteiger partial charge on any atom is 0.251 e. The van der Waals surface area contributed by atoms with Crippen molar-refractivity contribution in [3.63, 3.8) is 0 Å². The van der Waals surface area contributed by atoms with Gasteiger partial charge in [0.15, 0.2) is 0 Å². The first kappa shape index (κ1) is 24.6. The molecule has 0 spiro atoms. The molecule has 0 saturated carbocycles. The van der Waals surface area contributed by atoms with Crippen LogP contribution in [0.25, 0.3) is 0 Å². The number of carbonyl (C=O) groups excluding carboxylic acids is 1. The van der Waals surface area contributed by atoms with Gasteiger partial charge in [0, 0.05) is 5.56 Å². The monoisotopic (exact) mass is 443 g/mol. The Kier molecular flexibility index (Phi) is 8.32. The van der Waals surface area contributed by atoms with Gasteiger partial charge in [-0.25, -0.2) is 0 Å². The van der Waals surface area contributed by atoms with E-state index >= 15 is 0 Å². The Bertz CT molecular complexity index is 1050. The van der Waals surface area contributed by atoms with E-state index in [0.717, 1.165) is 17.5 Å². The minimum absolute atomic E-state index is 0.0276. The summed E-state index contributed by atoms with van der Waals surface area (Å²) in [7, 11) is 0. The van der Waals surface area contributed by atoms with Crippen LogP contribution in [-0.2, 0) is 6.61 Å². The summed E-state index contributed by atoms with van der Waals surface area (Å²) in [5.74, 6) is 1.60. The van der Waals surface area contributed by atoms with Gasteiger partial charge in [0.2, 0.25) is 0 Å². The van der Waals surface area contributed by atoms with Crippen LogP contribution in [0.1, 0.15) is 84.3 Å². The van der Waals surface area contributed by atoms with Gasteiger partial charge in [-0.05, 0) is 67.0 Å². The number of ether oxygens (including phenoxy) is 1. The fraction of sp³-hybridized carbons (Fsp3) is 0.367. The topological polar surface area (TPSA) is 38.3 Å². The molecule has 3 heteroatoms. The predicted molar refractivity (Wildman–Crippen MR) is 137 cm³/mol. The van der Waals surface area contributed by atoms with E-state index < -0.39 is 0 Å². The number of aryl methyl sites for hydroxylation is 2. The molecule has 0 aromatic heterocycles. The number of hydrogen-bond donors (Lipinski definition) is 1. The Balaban J connectivity index is 1.70. The quantitative estimate of drug-likeness (QED) is 0.371. The first-order valence-corrected chi connectivity index (χ1v) is 11.9. The van der Waals surface area contributed by atoms with Crippen LogP contribution in [-0.4, -0.2) is 5.91 Å². The zero-order valence-corrected chi connectivity index (χ0v) is 20.8. The molecule has 174 valence electrons. The van der Waals surface area contributed by atoms with Crippen molar-refractivity contribution in [2.45, 2.75) is 66.5 Å². The second-order valence-corrected chi connectivity index (χ2v) is 9.79. The molecule has 3 aromatic rings. The highest BCUT2D eigenvalue weighted by Gasteiger charge is 2.18. The first-order valence-electron chi connectivity index (χ1n) is 11.9. The summed E-state index contributed by atoms with van der Waals surface area (Å²) < 4.78 is 5.99. The lowest BCUT2D eigenvalue weighted by atomic mass is 9.94. The number of amides is 1. The average Bonchev–Trinajstić information content (AvgIpc) is 2.76. The Hall–Kier alpha value is -3.07. The van der Waals surface area contributed by atoms with Crippen molar-refractivity contribution >= 4 is 5.91 Å². The Morgan fingerprint density at radius 3 is 2.12 bits per heavy atom. The lowest BCUT2D eigenvalue weighted by Crippen LogP contribution is -2.29. The molecule has 0 aliphatic heterocycles. The number of benzene rings is 3. The SMILES string of the molecule is Cc1cc(C)cc(C(CC(C)C)NC(=O)c2cccc(OCc3ccc(C(C)C)cc3)c2)c1. The molecular formula is C30H37NO2. The average molecular weight is 444 g/mol. The van der Waals surface area contributed by atoms with E-state index in [-0.39, 0.29) is 11.9 Å². The van der Waals surface area contributed by atoms with Crippen LogP contribution in [0.2, 0.25) is 0 Å². The second kappa shape index (κ2) is 11.2. The van der Waals surface area contributed by atoms with E-state index in [1.54, 1.807) is 0 Å². The lowest BCUT2D eigenvalue weighted by Gasteiger charge is -2.22. The molecule has 0 aliphatic rings. The second-order valence-electron chi connectivity index (χ2n) is 9.79. The third-order valence-electron chi connectivity index (χ3n) is 5.81. The molecule has 0 radical (unpaired) electrons. The van der Waals surface area contributed by atoms with E-state index in [9.17, 15) is 4.79 Å². The van der Waals surface area contributed by atoms with Gasteiger partial charge in [-0.3, -0.25) is 4.79 Å². The summed E-state index contributed by atoms with van der Waals surface area (Å²) in [4.78, 5) is 13.1. The van der Waals surface area contributed by atoms with Crippen LogP contribution in [0.4, 0.5) is 0 Å². The maximum atomic E-state index is 13.1. The standard InChI is InChI=1S/C30H37NO2/c1-20(2)14-29(27-16-22(5)15-23(6)17-27)31-30(32)26-8-7-9-28(18-26)33-19-24-10-12-25(13-11-24)21(3)4/h7-13,15-18,20-21,29H,14,19H2,1-6H3,(H,31,32). The van der Waals surface area contributed by atoms with Gasteiger partial charge in [-0.1, -0.05) is 87.4 Å². The summed E-state index contributed by atoms with van der Waals surface area (Å²) in [5.41, 5.74) is 6.63. The Labute approximate surface area is 199 Å². The summed E-state index contributed by atoms with van der Waals surface area (Å²) in [6.07, 6.45) is 0.886. The summed E-state index contributed by atoms with van der Waals surface area (Å²) in [6, 6.07) is 22.4. The van der Waals surface area contributed by atoms with E-state index in [4.69, 9.17) is 4.74 Å². The van der Waals surface area contributed by atoms with Crippen LogP contribution in [0.3, 0.4) is 0 Å². The van der Waals surface area contributed by atoms with Gasteiger partial charge < -0.3 is 10.1 Å². The highest BCUT2D eigenvalue weighted by Crippen LogP contribution is 2.25. The molecule has 1 N–H and O–H groups in total. The van der Waals surface area contributed by atoms with Crippen molar-refractivity contribution in [2.24, 2.45) is 5.92 Å². The van der Waals surface area contributed by atoms with E-state index in [0.29, 0.717) is 29.8 Å². The fourth-order valence-corrected chi connectivity index (χ4v) is 4.09. The zero-order valence-electron chi connectivity index (χ0n) is 20.8. The van der Waals surface area contributed by atoms with Gasteiger partial charge >= 0.3 is 0 Å². The minimum atomic E-state index is -0.0773. The third kappa shape index (κ3) is 7.21. The molecule has 1 unspecified atom stereocenters. The molecule has 3 nitrogen and oxygen atoms in total. The summed E-state index contributed by atoms with van der Waals surface area (Å²) in [5, 5.41) is 3.26. The number of rotatable bonds is 9.